The van der Waals surface area contributed by atoms with Crippen LogP contribution in [-0.4, -0.2) is 0 Å². The monoisotopic (exact) mass is 250 g/mol. The summed E-state index contributed by atoms with van der Waals surface area (Å²) in [7, 11) is 0. The van der Waals surface area contributed by atoms with Crippen molar-refractivity contribution in [1.82, 2.24) is 0 Å². The van der Waals surface area contributed by atoms with E-state index in [-0.39, 0.29) is 0 Å². The molecule has 0 amide bonds. The molecule has 0 nitrogen and oxygen atoms in total. The zero-order valence-electron chi connectivity index (χ0n) is 11.9. The number of aryl methyl sites for hydroxylation is 2. The van der Waals surface area contributed by atoms with Gasteiger partial charge in [-0.05, 0) is 59.4 Å². The average molecular weight is 250 g/mol. The van der Waals surface area contributed by atoms with Crippen LogP contribution in [0.15, 0.2) is 42.5 Å². The van der Waals surface area contributed by atoms with E-state index >= 15 is 0 Å². The number of fused-ring (bicyclic) bond motifs is 1. The molecular weight excluding hydrogens is 228 g/mol. The second kappa shape index (κ2) is 5.21. The van der Waals surface area contributed by atoms with Gasteiger partial charge in [0, 0.05) is 0 Å². The molecule has 0 heterocycles. The maximum absolute atomic E-state index is 2.41. The van der Waals surface area contributed by atoms with Crippen LogP contribution in [0.4, 0.5) is 0 Å². The molecule has 0 heteroatoms. The lowest BCUT2D eigenvalue weighted by molar-refractivity contribution is 0.686. The first kappa shape index (κ1) is 12.5. The minimum Gasteiger partial charge on any atom is -0.0614 e. The molecule has 1 aliphatic carbocycles. The molecule has 0 N–H and O–H groups in total. The van der Waals surface area contributed by atoms with Gasteiger partial charge in [-0.3, -0.25) is 0 Å². The van der Waals surface area contributed by atoms with Crippen LogP contribution in [0.1, 0.15) is 49.3 Å². The summed E-state index contributed by atoms with van der Waals surface area (Å²) >= 11 is 0. The lowest BCUT2D eigenvalue weighted by atomic mass is 9.88. The van der Waals surface area contributed by atoms with Crippen LogP contribution in [0, 0.1) is 0 Å². The first-order valence-electron chi connectivity index (χ1n) is 7.46. The molecule has 1 aliphatic rings. The number of benzene rings is 2. The Bertz CT molecular complexity index is 578. The van der Waals surface area contributed by atoms with Gasteiger partial charge in [-0.2, -0.15) is 0 Å². The summed E-state index contributed by atoms with van der Waals surface area (Å²) in [5.74, 6) is 0.595. The first-order chi connectivity index (χ1) is 9.24. The fourth-order valence-corrected chi connectivity index (χ4v) is 2.99. The smallest absolute Gasteiger partial charge is 0.0181 e. The molecule has 19 heavy (non-hydrogen) atoms. The van der Waals surface area contributed by atoms with Crippen molar-refractivity contribution in [2.45, 2.75) is 45.4 Å². The molecule has 0 fully saturated rings. The lowest BCUT2D eigenvalue weighted by Crippen LogP contribution is -2.02. The molecule has 2 aromatic rings. The zero-order valence-corrected chi connectivity index (χ0v) is 11.9. The molecule has 0 saturated heterocycles. The van der Waals surface area contributed by atoms with E-state index in [2.05, 4.69) is 56.3 Å². The van der Waals surface area contributed by atoms with Gasteiger partial charge in [-0.25, -0.2) is 0 Å². The van der Waals surface area contributed by atoms with Crippen molar-refractivity contribution in [3.8, 4) is 11.1 Å². The Kier molecular flexibility index (Phi) is 3.42. The van der Waals surface area contributed by atoms with E-state index in [0.29, 0.717) is 5.92 Å². The van der Waals surface area contributed by atoms with Gasteiger partial charge in [-0.15, -0.1) is 0 Å². The molecule has 0 bridgehead atoms. The molecule has 0 atom stereocenters. The van der Waals surface area contributed by atoms with Crippen molar-refractivity contribution in [1.29, 1.82) is 0 Å². The predicted octanol–water partition coefficient (Wildman–Crippen LogP) is 5.36. The van der Waals surface area contributed by atoms with Crippen LogP contribution in [0.2, 0.25) is 0 Å². The second-order valence-electron chi connectivity index (χ2n) is 5.97. The summed E-state index contributed by atoms with van der Waals surface area (Å²) in [6.07, 6.45) is 5.23. The Hall–Kier alpha value is -1.56. The average Bonchev–Trinajstić information content (AvgIpc) is 2.47. The van der Waals surface area contributed by atoms with Crippen molar-refractivity contribution >= 4 is 0 Å². The van der Waals surface area contributed by atoms with Crippen LogP contribution < -0.4 is 0 Å². The molecule has 3 rings (SSSR count). The summed E-state index contributed by atoms with van der Waals surface area (Å²) in [4.78, 5) is 0. The fraction of sp³-hybridized carbons (Fsp3) is 0.368. The molecule has 0 aromatic heterocycles. The van der Waals surface area contributed by atoms with Crippen molar-refractivity contribution < 1.29 is 0 Å². The maximum atomic E-state index is 2.41. The topological polar surface area (TPSA) is 0 Å². The SMILES string of the molecule is CC(C)c1cccc(-c2ccc3c(c2)CCCC3)c1. The van der Waals surface area contributed by atoms with Crippen LogP contribution in [0.5, 0.6) is 0 Å². The Morgan fingerprint density at radius 1 is 0.789 bits per heavy atom. The van der Waals surface area contributed by atoms with Crippen molar-refractivity contribution in [2.24, 2.45) is 0 Å². The van der Waals surface area contributed by atoms with Gasteiger partial charge in [0.25, 0.3) is 0 Å². The van der Waals surface area contributed by atoms with Crippen LogP contribution in [0.25, 0.3) is 11.1 Å². The van der Waals surface area contributed by atoms with E-state index in [0.717, 1.165) is 0 Å². The van der Waals surface area contributed by atoms with E-state index in [9.17, 15) is 0 Å². The van der Waals surface area contributed by atoms with Gasteiger partial charge < -0.3 is 0 Å². The summed E-state index contributed by atoms with van der Waals surface area (Å²) in [5.41, 5.74) is 7.30. The molecule has 2 aromatic carbocycles. The minimum absolute atomic E-state index is 0.595. The van der Waals surface area contributed by atoms with Crippen LogP contribution >= 0.6 is 0 Å². The minimum atomic E-state index is 0.595. The zero-order chi connectivity index (χ0) is 13.2. The quantitative estimate of drug-likeness (QED) is 0.673. The van der Waals surface area contributed by atoms with E-state index in [1.165, 1.54) is 42.4 Å². The van der Waals surface area contributed by atoms with Gasteiger partial charge in [0.2, 0.25) is 0 Å². The van der Waals surface area contributed by atoms with Gasteiger partial charge in [0.05, 0.1) is 0 Å². The number of hydrogen-bond donors (Lipinski definition) is 0. The molecule has 0 radical (unpaired) electrons. The molecule has 0 unspecified atom stereocenters. The molecule has 0 spiro atoms. The summed E-state index contributed by atoms with van der Waals surface area (Å²) in [6.45, 7) is 4.51. The third-order valence-corrected chi connectivity index (χ3v) is 4.24. The predicted molar refractivity (Wildman–Crippen MR) is 82.6 cm³/mol. The van der Waals surface area contributed by atoms with Gasteiger partial charge >= 0.3 is 0 Å². The highest BCUT2D eigenvalue weighted by molar-refractivity contribution is 5.66. The Labute approximate surface area is 116 Å². The van der Waals surface area contributed by atoms with Gasteiger partial charge in [-0.1, -0.05) is 56.3 Å². The standard InChI is InChI=1S/C19H22/c1-14(2)16-8-5-9-18(12-16)19-11-10-15-6-3-4-7-17(15)13-19/h5,8-14H,3-4,6-7H2,1-2H3. The lowest BCUT2D eigenvalue weighted by Gasteiger charge is -2.17. The van der Waals surface area contributed by atoms with E-state index in [4.69, 9.17) is 0 Å². The summed E-state index contributed by atoms with van der Waals surface area (Å²) in [5, 5.41) is 0. The molecule has 0 aliphatic heterocycles. The molecule has 0 saturated carbocycles. The fourth-order valence-electron chi connectivity index (χ4n) is 2.99. The van der Waals surface area contributed by atoms with Crippen LogP contribution in [-0.2, 0) is 12.8 Å². The third-order valence-electron chi connectivity index (χ3n) is 4.24. The number of hydrogen-bond acceptors (Lipinski definition) is 0. The Balaban J connectivity index is 2.00. The van der Waals surface area contributed by atoms with E-state index in [1.54, 1.807) is 11.1 Å². The maximum Gasteiger partial charge on any atom is -0.0181 e. The third kappa shape index (κ3) is 2.58. The highest BCUT2D eigenvalue weighted by atomic mass is 14.2. The Morgan fingerprint density at radius 2 is 1.53 bits per heavy atom. The summed E-state index contributed by atoms with van der Waals surface area (Å²) in [6, 6.07) is 16.0. The van der Waals surface area contributed by atoms with Gasteiger partial charge in [0.1, 0.15) is 0 Å². The Morgan fingerprint density at radius 3 is 2.32 bits per heavy atom. The van der Waals surface area contributed by atoms with Crippen molar-refractivity contribution in [3.63, 3.8) is 0 Å². The van der Waals surface area contributed by atoms with E-state index in [1.807, 2.05) is 0 Å². The normalized spacial score (nSPS) is 14.5. The highest BCUT2D eigenvalue weighted by Crippen LogP contribution is 2.29. The molecule has 98 valence electrons. The number of rotatable bonds is 2. The van der Waals surface area contributed by atoms with Gasteiger partial charge in [0.15, 0.2) is 0 Å². The van der Waals surface area contributed by atoms with Crippen molar-refractivity contribution in [2.75, 3.05) is 0 Å². The van der Waals surface area contributed by atoms with Crippen LogP contribution in [0.3, 0.4) is 0 Å². The van der Waals surface area contributed by atoms with Crippen molar-refractivity contribution in [3.05, 3.63) is 59.2 Å². The van der Waals surface area contributed by atoms with E-state index < -0.39 is 0 Å². The first-order valence-corrected chi connectivity index (χ1v) is 7.46. The molecular formula is C19H22. The largest absolute Gasteiger partial charge is 0.0614 e. The summed E-state index contributed by atoms with van der Waals surface area (Å²) < 4.78 is 0. The highest BCUT2D eigenvalue weighted by Gasteiger charge is 2.10. The second-order valence-corrected chi connectivity index (χ2v) is 5.97.